The quantitative estimate of drug-likeness (QED) is 0.606. The Morgan fingerprint density at radius 3 is 2.71 bits per heavy atom. The predicted molar refractivity (Wildman–Crippen MR) is 64.0 cm³/mol. The van der Waals surface area contributed by atoms with Gasteiger partial charge < -0.3 is 16.8 Å². The van der Waals surface area contributed by atoms with Crippen molar-refractivity contribution in [2.75, 3.05) is 12.3 Å². The summed E-state index contributed by atoms with van der Waals surface area (Å²) in [6.45, 7) is 0.489. The van der Waals surface area contributed by atoms with Crippen LogP contribution >= 0.6 is 0 Å². The monoisotopic (exact) mass is 236 g/mol. The Kier molecular flexibility index (Phi) is 4.93. The van der Waals surface area contributed by atoms with Crippen LogP contribution in [0.1, 0.15) is 29.8 Å². The molecule has 1 rings (SSSR count). The average molecular weight is 236 g/mol. The molecule has 0 aliphatic carbocycles. The van der Waals surface area contributed by atoms with E-state index < -0.39 is 0 Å². The minimum atomic E-state index is -0.325. The number of hydrogen-bond donors (Lipinski definition) is 3. The summed E-state index contributed by atoms with van der Waals surface area (Å²) in [5.41, 5.74) is 10.7. The molecule has 0 aliphatic heterocycles. The van der Waals surface area contributed by atoms with E-state index in [1.807, 2.05) is 0 Å². The van der Waals surface area contributed by atoms with E-state index in [0.717, 1.165) is 0 Å². The summed E-state index contributed by atoms with van der Waals surface area (Å²) in [4.78, 5) is 25.9. The maximum atomic E-state index is 11.6. The van der Waals surface area contributed by atoms with Gasteiger partial charge in [-0.05, 0) is 25.0 Å². The zero-order chi connectivity index (χ0) is 12.7. The summed E-state index contributed by atoms with van der Waals surface area (Å²) in [5.74, 6) is -0.281. The maximum absolute atomic E-state index is 11.6. The summed E-state index contributed by atoms with van der Waals surface area (Å²) < 4.78 is 0. The number of primary amides is 1. The molecule has 0 spiro atoms. The molecule has 1 aromatic rings. The van der Waals surface area contributed by atoms with Crippen LogP contribution in [0.25, 0.3) is 0 Å². The van der Waals surface area contributed by atoms with E-state index in [2.05, 4.69) is 10.3 Å². The van der Waals surface area contributed by atoms with Crippen molar-refractivity contribution >= 4 is 17.6 Å². The number of nitrogens with one attached hydrogen (secondary N) is 1. The van der Waals surface area contributed by atoms with Crippen LogP contribution in [0.3, 0.4) is 0 Å². The van der Waals surface area contributed by atoms with E-state index in [4.69, 9.17) is 11.5 Å². The molecule has 0 saturated carbocycles. The summed E-state index contributed by atoms with van der Waals surface area (Å²) in [6.07, 6.45) is 1.71. The third kappa shape index (κ3) is 4.96. The van der Waals surface area contributed by atoms with Gasteiger partial charge in [-0.1, -0.05) is 6.07 Å². The van der Waals surface area contributed by atoms with Gasteiger partial charge in [-0.3, -0.25) is 9.59 Å². The molecule has 0 saturated heterocycles. The standard InChI is InChI=1S/C11H16N4O2/c12-9-5-3-4-8(15-9)11(17)14-7-2-1-6-10(13)16/h3-5H,1-2,6-7H2,(H2,12,15)(H2,13,16)(H,14,17). The third-order valence-corrected chi connectivity index (χ3v) is 2.14. The molecule has 5 N–H and O–H groups in total. The largest absolute Gasteiger partial charge is 0.384 e. The van der Waals surface area contributed by atoms with Crippen LogP contribution in [-0.4, -0.2) is 23.3 Å². The number of carbonyl (C=O) groups excluding carboxylic acids is 2. The number of hydrogen-bond acceptors (Lipinski definition) is 4. The highest BCUT2D eigenvalue weighted by molar-refractivity contribution is 5.92. The highest BCUT2D eigenvalue weighted by Crippen LogP contribution is 2.00. The Morgan fingerprint density at radius 1 is 1.29 bits per heavy atom. The average Bonchev–Trinajstić information content (AvgIpc) is 2.28. The molecule has 17 heavy (non-hydrogen) atoms. The predicted octanol–water partition coefficient (Wildman–Crippen LogP) is 0.0492. The highest BCUT2D eigenvalue weighted by Gasteiger charge is 2.06. The Hall–Kier alpha value is -2.11. The van der Waals surface area contributed by atoms with Crippen LogP contribution in [0.2, 0.25) is 0 Å². The van der Waals surface area contributed by atoms with Gasteiger partial charge in [-0.2, -0.15) is 0 Å². The third-order valence-electron chi connectivity index (χ3n) is 2.14. The van der Waals surface area contributed by atoms with E-state index in [1.54, 1.807) is 18.2 Å². The fourth-order valence-electron chi connectivity index (χ4n) is 1.29. The smallest absolute Gasteiger partial charge is 0.269 e. The summed E-state index contributed by atoms with van der Waals surface area (Å²) >= 11 is 0. The first-order valence-electron chi connectivity index (χ1n) is 5.38. The zero-order valence-electron chi connectivity index (χ0n) is 9.48. The number of unbranched alkanes of at least 4 members (excludes halogenated alkanes) is 1. The Balaban J connectivity index is 2.28. The summed E-state index contributed by atoms with van der Waals surface area (Å²) in [7, 11) is 0. The van der Waals surface area contributed by atoms with Crippen LogP contribution in [0.4, 0.5) is 5.82 Å². The molecule has 0 radical (unpaired) electrons. The first-order valence-corrected chi connectivity index (χ1v) is 5.38. The molecule has 6 heteroatoms. The molecule has 0 atom stereocenters. The number of anilines is 1. The van der Waals surface area contributed by atoms with E-state index in [-0.39, 0.29) is 11.8 Å². The number of nitrogens with two attached hydrogens (primary N) is 2. The lowest BCUT2D eigenvalue weighted by Crippen LogP contribution is -2.25. The van der Waals surface area contributed by atoms with Crippen LogP contribution in [0.5, 0.6) is 0 Å². The number of amides is 2. The van der Waals surface area contributed by atoms with Crippen LogP contribution in [0, 0.1) is 0 Å². The second-order valence-corrected chi connectivity index (χ2v) is 3.63. The van der Waals surface area contributed by atoms with Gasteiger partial charge in [0, 0.05) is 13.0 Å². The second-order valence-electron chi connectivity index (χ2n) is 3.63. The molecule has 0 fully saturated rings. The van der Waals surface area contributed by atoms with E-state index >= 15 is 0 Å². The van der Waals surface area contributed by atoms with Crippen LogP contribution in [0.15, 0.2) is 18.2 Å². The van der Waals surface area contributed by atoms with Gasteiger partial charge in [0.25, 0.3) is 5.91 Å². The molecular weight excluding hydrogens is 220 g/mol. The SMILES string of the molecule is NC(=O)CCCCNC(=O)c1cccc(N)n1. The lowest BCUT2D eigenvalue weighted by molar-refractivity contribution is -0.118. The van der Waals surface area contributed by atoms with Gasteiger partial charge in [0.05, 0.1) is 0 Å². The first kappa shape index (κ1) is 13.0. The van der Waals surface area contributed by atoms with Crippen molar-refractivity contribution < 1.29 is 9.59 Å². The Morgan fingerprint density at radius 2 is 2.06 bits per heavy atom. The normalized spacial score (nSPS) is 9.88. The van der Waals surface area contributed by atoms with Crippen molar-refractivity contribution in [2.24, 2.45) is 5.73 Å². The lowest BCUT2D eigenvalue weighted by atomic mass is 10.2. The summed E-state index contributed by atoms with van der Waals surface area (Å²) in [6, 6.07) is 4.88. The van der Waals surface area contributed by atoms with Gasteiger partial charge in [0.2, 0.25) is 5.91 Å². The number of nitrogen functional groups attached to an aromatic ring is 1. The molecule has 92 valence electrons. The van der Waals surface area contributed by atoms with Gasteiger partial charge >= 0.3 is 0 Å². The molecule has 0 aromatic carbocycles. The second kappa shape index (κ2) is 6.47. The van der Waals surface area contributed by atoms with Crippen molar-refractivity contribution in [2.45, 2.75) is 19.3 Å². The van der Waals surface area contributed by atoms with Crippen LogP contribution < -0.4 is 16.8 Å². The lowest BCUT2D eigenvalue weighted by Gasteiger charge is -2.04. The minimum Gasteiger partial charge on any atom is -0.384 e. The summed E-state index contributed by atoms with van der Waals surface area (Å²) in [5, 5.41) is 2.69. The minimum absolute atomic E-state index is 0.267. The Labute approximate surface area is 99.4 Å². The maximum Gasteiger partial charge on any atom is 0.269 e. The molecule has 0 bridgehead atoms. The van der Waals surface area contributed by atoms with Crippen LogP contribution in [-0.2, 0) is 4.79 Å². The molecule has 1 aromatic heterocycles. The van der Waals surface area contributed by atoms with Gasteiger partial charge in [-0.25, -0.2) is 4.98 Å². The number of carbonyl (C=O) groups is 2. The number of pyridine rings is 1. The van der Waals surface area contributed by atoms with Gasteiger partial charge in [0.1, 0.15) is 11.5 Å². The van der Waals surface area contributed by atoms with Gasteiger partial charge in [-0.15, -0.1) is 0 Å². The number of aromatic nitrogens is 1. The van der Waals surface area contributed by atoms with E-state index in [9.17, 15) is 9.59 Å². The number of nitrogens with zero attached hydrogens (tertiary/aromatic N) is 1. The number of rotatable bonds is 6. The molecular formula is C11H16N4O2. The van der Waals surface area contributed by atoms with Crippen molar-refractivity contribution in [3.63, 3.8) is 0 Å². The fourth-order valence-corrected chi connectivity index (χ4v) is 1.29. The Bertz CT molecular complexity index is 406. The highest BCUT2D eigenvalue weighted by atomic mass is 16.2. The van der Waals surface area contributed by atoms with Gasteiger partial charge in [0.15, 0.2) is 0 Å². The topological polar surface area (TPSA) is 111 Å². The molecule has 2 amide bonds. The molecule has 6 nitrogen and oxygen atoms in total. The van der Waals surface area contributed by atoms with Crippen molar-refractivity contribution in [1.82, 2.24) is 10.3 Å². The molecule has 0 unspecified atom stereocenters. The van der Waals surface area contributed by atoms with E-state index in [0.29, 0.717) is 37.3 Å². The van der Waals surface area contributed by atoms with Crippen molar-refractivity contribution in [1.29, 1.82) is 0 Å². The zero-order valence-corrected chi connectivity index (χ0v) is 9.48. The first-order chi connectivity index (χ1) is 8.09. The van der Waals surface area contributed by atoms with E-state index in [1.165, 1.54) is 0 Å². The van der Waals surface area contributed by atoms with Crippen molar-refractivity contribution in [3.8, 4) is 0 Å². The fraction of sp³-hybridized carbons (Fsp3) is 0.364. The van der Waals surface area contributed by atoms with Crippen molar-refractivity contribution in [3.05, 3.63) is 23.9 Å². The molecule has 1 heterocycles. The molecule has 0 aliphatic rings.